The van der Waals surface area contributed by atoms with E-state index in [0.717, 1.165) is 0 Å². The summed E-state index contributed by atoms with van der Waals surface area (Å²) >= 11 is 1.23. The van der Waals surface area contributed by atoms with Crippen LogP contribution in [-0.2, 0) is 0 Å². The second kappa shape index (κ2) is 4.92. The van der Waals surface area contributed by atoms with Gasteiger partial charge in [-0.25, -0.2) is 9.37 Å². The minimum absolute atomic E-state index is 0.0851. The number of halogens is 1. The zero-order chi connectivity index (χ0) is 12.3. The molecule has 0 aliphatic rings. The van der Waals surface area contributed by atoms with Crippen molar-refractivity contribution in [2.24, 2.45) is 0 Å². The number of ether oxygens (including phenoxy) is 1. The average Bonchev–Trinajstić information content (AvgIpc) is 2.85. The van der Waals surface area contributed by atoms with Gasteiger partial charge in [0.25, 0.3) is 5.91 Å². The van der Waals surface area contributed by atoms with Gasteiger partial charge in [0.05, 0.1) is 7.11 Å². The quantitative estimate of drug-likeness (QED) is 0.913. The number of carbonyl (C=O) groups is 1. The van der Waals surface area contributed by atoms with Crippen LogP contribution in [0.2, 0.25) is 0 Å². The molecule has 0 spiro atoms. The Morgan fingerprint density at radius 2 is 2.35 bits per heavy atom. The van der Waals surface area contributed by atoms with Crippen molar-refractivity contribution < 1.29 is 13.9 Å². The Balaban J connectivity index is 2.16. The second-order valence-corrected chi connectivity index (χ2v) is 4.04. The van der Waals surface area contributed by atoms with Crippen LogP contribution in [-0.4, -0.2) is 18.0 Å². The Hall–Kier alpha value is -1.95. The molecule has 2 aromatic rings. The molecule has 2 rings (SSSR count). The summed E-state index contributed by atoms with van der Waals surface area (Å²) in [5.74, 6) is -0.713. The van der Waals surface area contributed by atoms with Crippen molar-refractivity contribution in [2.45, 2.75) is 0 Å². The number of rotatable bonds is 3. The maximum atomic E-state index is 13.1. The molecule has 0 aliphatic carbocycles. The van der Waals surface area contributed by atoms with E-state index in [9.17, 15) is 9.18 Å². The molecule has 0 atom stereocenters. The fourth-order valence-corrected chi connectivity index (χ4v) is 1.79. The van der Waals surface area contributed by atoms with E-state index in [1.54, 1.807) is 11.6 Å². The number of thiazole rings is 1. The Kier molecular flexibility index (Phi) is 3.34. The lowest BCUT2D eigenvalue weighted by Crippen LogP contribution is -2.11. The largest absolute Gasteiger partial charge is 0.494 e. The number of anilines is 1. The highest BCUT2D eigenvalue weighted by molar-refractivity contribution is 7.11. The van der Waals surface area contributed by atoms with Crippen LogP contribution in [0.3, 0.4) is 0 Å². The molecule has 0 saturated heterocycles. The number of carbonyl (C=O) groups excluding carboxylic acids is 1. The molecule has 1 aromatic carbocycles. The van der Waals surface area contributed by atoms with E-state index in [1.807, 2.05) is 0 Å². The molecule has 0 fully saturated rings. The van der Waals surface area contributed by atoms with Gasteiger partial charge in [0.15, 0.2) is 16.6 Å². The van der Waals surface area contributed by atoms with Crippen LogP contribution < -0.4 is 10.1 Å². The lowest BCUT2D eigenvalue weighted by molar-refractivity contribution is 0.102. The standard InChI is InChI=1S/C11H9FN2O2S/c1-16-9-6-7(2-3-8(9)12)14-10(15)11-13-4-5-17-11/h2-6H,1H3,(H,14,15). The van der Waals surface area contributed by atoms with Gasteiger partial charge >= 0.3 is 0 Å². The van der Waals surface area contributed by atoms with E-state index >= 15 is 0 Å². The molecule has 0 radical (unpaired) electrons. The van der Waals surface area contributed by atoms with Crippen molar-refractivity contribution in [3.63, 3.8) is 0 Å². The molecular weight excluding hydrogens is 243 g/mol. The highest BCUT2D eigenvalue weighted by Crippen LogP contribution is 2.22. The maximum absolute atomic E-state index is 13.1. The molecule has 0 unspecified atom stereocenters. The molecule has 0 saturated carbocycles. The van der Waals surface area contributed by atoms with Gasteiger partial charge in [-0.1, -0.05) is 0 Å². The lowest BCUT2D eigenvalue weighted by atomic mass is 10.3. The van der Waals surface area contributed by atoms with Gasteiger partial charge in [0.1, 0.15) is 0 Å². The highest BCUT2D eigenvalue weighted by atomic mass is 32.1. The first-order chi connectivity index (χ1) is 8.20. The van der Waals surface area contributed by atoms with Gasteiger partial charge < -0.3 is 10.1 Å². The van der Waals surface area contributed by atoms with Crippen LogP contribution in [0, 0.1) is 5.82 Å². The third-order valence-corrected chi connectivity index (χ3v) is 2.81. The van der Waals surface area contributed by atoms with Crippen LogP contribution >= 0.6 is 11.3 Å². The summed E-state index contributed by atoms with van der Waals surface area (Å²) in [5.41, 5.74) is 0.462. The van der Waals surface area contributed by atoms with Crippen molar-refractivity contribution in [3.8, 4) is 5.75 Å². The second-order valence-electron chi connectivity index (χ2n) is 3.14. The first-order valence-electron chi connectivity index (χ1n) is 4.75. The van der Waals surface area contributed by atoms with E-state index in [-0.39, 0.29) is 11.7 Å². The number of aromatic nitrogens is 1. The van der Waals surface area contributed by atoms with Crippen LogP contribution in [0.1, 0.15) is 9.80 Å². The summed E-state index contributed by atoms with van der Waals surface area (Å²) in [4.78, 5) is 15.5. The monoisotopic (exact) mass is 252 g/mol. The minimum Gasteiger partial charge on any atom is -0.494 e. The van der Waals surface area contributed by atoms with Crippen LogP contribution in [0.5, 0.6) is 5.75 Å². The van der Waals surface area contributed by atoms with Crippen molar-refractivity contribution in [3.05, 3.63) is 40.6 Å². The summed E-state index contributed by atoms with van der Waals surface area (Å²) in [7, 11) is 1.37. The Labute approximate surface area is 101 Å². The molecule has 17 heavy (non-hydrogen) atoms. The maximum Gasteiger partial charge on any atom is 0.284 e. The first-order valence-corrected chi connectivity index (χ1v) is 5.63. The highest BCUT2D eigenvalue weighted by Gasteiger charge is 2.10. The van der Waals surface area contributed by atoms with Gasteiger partial charge in [0.2, 0.25) is 0 Å². The molecule has 4 nitrogen and oxygen atoms in total. The molecule has 1 aromatic heterocycles. The zero-order valence-electron chi connectivity index (χ0n) is 8.94. The molecule has 88 valence electrons. The van der Waals surface area contributed by atoms with E-state index in [2.05, 4.69) is 10.3 Å². The molecule has 1 heterocycles. The van der Waals surface area contributed by atoms with Gasteiger partial charge in [0, 0.05) is 23.3 Å². The Bertz CT molecular complexity index is 528. The van der Waals surface area contributed by atoms with Crippen molar-refractivity contribution in [1.29, 1.82) is 0 Å². The van der Waals surface area contributed by atoms with Crippen molar-refractivity contribution >= 4 is 22.9 Å². The summed E-state index contributed by atoms with van der Waals surface area (Å²) < 4.78 is 18.0. The fourth-order valence-electron chi connectivity index (χ4n) is 1.26. The van der Waals surface area contributed by atoms with E-state index in [4.69, 9.17) is 4.74 Å². The molecule has 0 bridgehead atoms. The normalized spacial score (nSPS) is 10.0. The molecule has 0 aliphatic heterocycles. The van der Waals surface area contributed by atoms with E-state index in [0.29, 0.717) is 10.7 Å². The number of methoxy groups -OCH3 is 1. The average molecular weight is 252 g/mol. The zero-order valence-corrected chi connectivity index (χ0v) is 9.75. The minimum atomic E-state index is -0.472. The third-order valence-electron chi connectivity index (χ3n) is 2.04. The summed E-state index contributed by atoms with van der Waals surface area (Å²) in [6.45, 7) is 0. The molecule has 1 amide bonds. The van der Waals surface area contributed by atoms with E-state index in [1.165, 1.54) is 36.6 Å². The number of amides is 1. The van der Waals surface area contributed by atoms with Crippen molar-refractivity contribution in [1.82, 2.24) is 4.98 Å². The SMILES string of the molecule is COc1cc(NC(=O)c2nccs2)ccc1F. The number of nitrogens with zero attached hydrogens (tertiary/aromatic N) is 1. The van der Waals surface area contributed by atoms with Gasteiger partial charge in [-0.15, -0.1) is 11.3 Å². The number of benzene rings is 1. The van der Waals surface area contributed by atoms with Crippen LogP contribution in [0.25, 0.3) is 0 Å². The number of nitrogens with one attached hydrogen (secondary N) is 1. The predicted molar refractivity (Wildman–Crippen MR) is 63.0 cm³/mol. The van der Waals surface area contributed by atoms with Crippen LogP contribution in [0.15, 0.2) is 29.8 Å². The molecule has 1 N–H and O–H groups in total. The molecular formula is C11H9FN2O2S. The number of hydrogen-bond acceptors (Lipinski definition) is 4. The Morgan fingerprint density at radius 1 is 1.53 bits per heavy atom. The van der Waals surface area contributed by atoms with Crippen LogP contribution in [0.4, 0.5) is 10.1 Å². The first kappa shape index (κ1) is 11.5. The Morgan fingerprint density at radius 3 is 3.00 bits per heavy atom. The number of hydrogen-bond donors (Lipinski definition) is 1. The predicted octanol–water partition coefficient (Wildman–Crippen LogP) is 2.54. The topological polar surface area (TPSA) is 51.2 Å². The summed E-state index contributed by atoms with van der Waals surface area (Å²) in [6.07, 6.45) is 1.55. The van der Waals surface area contributed by atoms with Gasteiger partial charge in [-0.3, -0.25) is 4.79 Å². The lowest BCUT2D eigenvalue weighted by Gasteiger charge is -2.06. The molecule has 6 heteroatoms. The third kappa shape index (κ3) is 2.59. The smallest absolute Gasteiger partial charge is 0.284 e. The van der Waals surface area contributed by atoms with Gasteiger partial charge in [-0.2, -0.15) is 0 Å². The summed E-state index contributed by atoms with van der Waals surface area (Å²) in [5, 5.41) is 4.67. The van der Waals surface area contributed by atoms with Crippen molar-refractivity contribution in [2.75, 3.05) is 12.4 Å². The van der Waals surface area contributed by atoms with Gasteiger partial charge in [-0.05, 0) is 12.1 Å². The van der Waals surface area contributed by atoms with E-state index < -0.39 is 5.82 Å². The fraction of sp³-hybridized carbons (Fsp3) is 0.0909. The summed E-state index contributed by atoms with van der Waals surface area (Å²) in [6, 6.07) is 4.11.